The van der Waals surface area contributed by atoms with E-state index in [4.69, 9.17) is 27.6 Å². The molecule has 0 aliphatic carbocycles. The second-order valence-electron chi connectivity index (χ2n) is 3.06. The SMILES string of the molecule is O=C(Nc1ccc(Cl)cc1Cl)c1ccco1. The third-order valence-corrected chi connectivity index (χ3v) is 2.47. The molecular weight excluding hydrogens is 249 g/mol. The largest absolute Gasteiger partial charge is 0.459 e. The van der Waals surface area contributed by atoms with Gasteiger partial charge in [0.15, 0.2) is 5.76 Å². The highest BCUT2D eigenvalue weighted by Crippen LogP contribution is 2.25. The first kappa shape index (κ1) is 11.0. The molecule has 0 unspecified atom stereocenters. The summed E-state index contributed by atoms with van der Waals surface area (Å²) >= 11 is 11.6. The van der Waals surface area contributed by atoms with E-state index >= 15 is 0 Å². The topological polar surface area (TPSA) is 42.2 Å². The molecule has 82 valence electrons. The molecule has 5 heteroatoms. The lowest BCUT2D eigenvalue weighted by molar-refractivity contribution is 0.0996. The minimum absolute atomic E-state index is 0.228. The van der Waals surface area contributed by atoms with E-state index in [1.165, 1.54) is 6.26 Å². The number of rotatable bonds is 2. The van der Waals surface area contributed by atoms with Crippen LogP contribution in [0, 0.1) is 0 Å². The zero-order valence-corrected chi connectivity index (χ0v) is 9.55. The quantitative estimate of drug-likeness (QED) is 0.886. The lowest BCUT2D eigenvalue weighted by Crippen LogP contribution is -2.11. The van der Waals surface area contributed by atoms with Gasteiger partial charge >= 0.3 is 0 Å². The zero-order valence-electron chi connectivity index (χ0n) is 8.04. The van der Waals surface area contributed by atoms with Gasteiger partial charge in [0.05, 0.1) is 17.0 Å². The third-order valence-electron chi connectivity index (χ3n) is 1.92. The van der Waals surface area contributed by atoms with E-state index in [0.717, 1.165) is 0 Å². The van der Waals surface area contributed by atoms with Crippen molar-refractivity contribution in [3.63, 3.8) is 0 Å². The average molecular weight is 256 g/mol. The number of anilines is 1. The molecule has 0 atom stereocenters. The predicted octanol–water partition coefficient (Wildman–Crippen LogP) is 3.84. The van der Waals surface area contributed by atoms with Gasteiger partial charge in [0.2, 0.25) is 0 Å². The van der Waals surface area contributed by atoms with Crippen LogP contribution in [0.25, 0.3) is 0 Å². The fraction of sp³-hybridized carbons (Fsp3) is 0. The van der Waals surface area contributed by atoms with Crippen LogP contribution in [-0.4, -0.2) is 5.91 Å². The summed E-state index contributed by atoms with van der Waals surface area (Å²) in [5.74, 6) is -0.125. The Morgan fingerprint density at radius 3 is 2.69 bits per heavy atom. The molecule has 16 heavy (non-hydrogen) atoms. The van der Waals surface area contributed by atoms with Crippen LogP contribution in [-0.2, 0) is 0 Å². The van der Waals surface area contributed by atoms with Gasteiger partial charge in [0, 0.05) is 5.02 Å². The van der Waals surface area contributed by atoms with Crippen LogP contribution in [0.15, 0.2) is 41.0 Å². The van der Waals surface area contributed by atoms with Crippen LogP contribution in [0.5, 0.6) is 0 Å². The molecule has 1 aromatic carbocycles. The minimum Gasteiger partial charge on any atom is -0.459 e. The molecular formula is C11H7Cl2NO2. The third kappa shape index (κ3) is 2.38. The minimum atomic E-state index is -0.353. The van der Waals surface area contributed by atoms with Crippen LogP contribution >= 0.6 is 23.2 Å². The fourth-order valence-electron chi connectivity index (χ4n) is 1.18. The fourth-order valence-corrected chi connectivity index (χ4v) is 1.64. The molecule has 1 heterocycles. The summed E-state index contributed by atoms with van der Waals surface area (Å²) in [5.41, 5.74) is 0.493. The van der Waals surface area contributed by atoms with Gasteiger partial charge in [-0.1, -0.05) is 23.2 Å². The van der Waals surface area contributed by atoms with Crippen molar-refractivity contribution in [3.8, 4) is 0 Å². The van der Waals surface area contributed by atoms with Crippen molar-refractivity contribution in [1.29, 1.82) is 0 Å². The monoisotopic (exact) mass is 255 g/mol. The molecule has 0 fully saturated rings. The van der Waals surface area contributed by atoms with Gasteiger partial charge in [-0.2, -0.15) is 0 Å². The Morgan fingerprint density at radius 1 is 1.25 bits per heavy atom. The Labute approximate surface area is 102 Å². The number of furan rings is 1. The Kier molecular flexibility index (Phi) is 3.17. The number of carbonyl (C=O) groups is 1. The van der Waals surface area contributed by atoms with E-state index in [1.54, 1.807) is 30.3 Å². The van der Waals surface area contributed by atoms with E-state index < -0.39 is 0 Å². The maximum absolute atomic E-state index is 11.6. The molecule has 0 aliphatic heterocycles. The first-order valence-corrected chi connectivity index (χ1v) is 5.22. The van der Waals surface area contributed by atoms with E-state index in [1.807, 2.05) is 0 Å². The van der Waals surface area contributed by atoms with Gasteiger partial charge in [-0.05, 0) is 30.3 Å². The van der Waals surface area contributed by atoms with Crippen molar-refractivity contribution < 1.29 is 9.21 Å². The summed E-state index contributed by atoms with van der Waals surface area (Å²) in [6.45, 7) is 0. The van der Waals surface area contributed by atoms with Crippen molar-refractivity contribution in [2.45, 2.75) is 0 Å². The first-order chi connectivity index (χ1) is 7.66. The van der Waals surface area contributed by atoms with Crippen molar-refractivity contribution in [1.82, 2.24) is 0 Å². The Bertz CT molecular complexity index is 509. The van der Waals surface area contributed by atoms with Crippen LogP contribution in [0.3, 0.4) is 0 Å². The zero-order chi connectivity index (χ0) is 11.5. The number of hydrogen-bond acceptors (Lipinski definition) is 2. The molecule has 0 radical (unpaired) electrons. The first-order valence-electron chi connectivity index (χ1n) is 4.47. The Morgan fingerprint density at radius 2 is 2.06 bits per heavy atom. The second-order valence-corrected chi connectivity index (χ2v) is 3.90. The van der Waals surface area contributed by atoms with Gasteiger partial charge < -0.3 is 9.73 Å². The van der Waals surface area contributed by atoms with Gasteiger partial charge in [0.25, 0.3) is 5.91 Å². The smallest absolute Gasteiger partial charge is 0.291 e. The lowest BCUT2D eigenvalue weighted by Gasteiger charge is -2.05. The van der Waals surface area contributed by atoms with Gasteiger partial charge in [-0.3, -0.25) is 4.79 Å². The number of benzene rings is 1. The standard InChI is InChI=1S/C11H7Cl2NO2/c12-7-3-4-9(8(13)6-7)14-11(15)10-2-1-5-16-10/h1-6H,(H,14,15). The summed E-state index contributed by atoms with van der Waals surface area (Å²) in [5, 5.41) is 3.51. The van der Waals surface area contributed by atoms with Gasteiger partial charge in [-0.25, -0.2) is 0 Å². The summed E-state index contributed by atoms with van der Waals surface area (Å²) in [7, 11) is 0. The molecule has 0 aliphatic rings. The van der Waals surface area contributed by atoms with Gasteiger partial charge in [0.1, 0.15) is 0 Å². The lowest BCUT2D eigenvalue weighted by atomic mass is 10.3. The molecule has 2 rings (SSSR count). The molecule has 0 spiro atoms. The van der Waals surface area contributed by atoms with Crippen LogP contribution in [0.1, 0.15) is 10.6 Å². The molecule has 0 saturated carbocycles. The maximum atomic E-state index is 11.6. The maximum Gasteiger partial charge on any atom is 0.291 e. The normalized spacial score (nSPS) is 10.1. The second kappa shape index (κ2) is 4.60. The number of hydrogen-bond donors (Lipinski definition) is 1. The molecule has 0 bridgehead atoms. The average Bonchev–Trinajstić information content (AvgIpc) is 2.75. The van der Waals surface area contributed by atoms with Crippen molar-refractivity contribution in [2.24, 2.45) is 0 Å². The van der Waals surface area contributed by atoms with Crippen molar-refractivity contribution >= 4 is 34.8 Å². The highest BCUT2D eigenvalue weighted by Gasteiger charge is 2.10. The van der Waals surface area contributed by atoms with E-state index in [-0.39, 0.29) is 11.7 Å². The molecule has 0 saturated heterocycles. The molecule has 3 nitrogen and oxygen atoms in total. The van der Waals surface area contributed by atoms with Crippen LogP contribution in [0.4, 0.5) is 5.69 Å². The number of nitrogens with one attached hydrogen (secondary N) is 1. The summed E-state index contributed by atoms with van der Waals surface area (Å²) in [6.07, 6.45) is 1.43. The van der Waals surface area contributed by atoms with Crippen LogP contribution in [0.2, 0.25) is 10.0 Å². The number of halogens is 2. The number of carbonyl (C=O) groups excluding carboxylic acids is 1. The highest BCUT2D eigenvalue weighted by atomic mass is 35.5. The van der Waals surface area contributed by atoms with Crippen molar-refractivity contribution in [3.05, 3.63) is 52.4 Å². The van der Waals surface area contributed by atoms with Gasteiger partial charge in [-0.15, -0.1) is 0 Å². The summed E-state index contributed by atoms with van der Waals surface area (Å²) in [6, 6.07) is 8.04. The van der Waals surface area contributed by atoms with E-state index in [9.17, 15) is 4.79 Å². The molecule has 1 N–H and O–H groups in total. The van der Waals surface area contributed by atoms with E-state index in [0.29, 0.717) is 15.7 Å². The van der Waals surface area contributed by atoms with Crippen molar-refractivity contribution in [2.75, 3.05) is 5.32 Å². The summed E-state index contributed by atoms with van der Waals surface area (Å²) in [4.78, 5) is 11.6. The van der Waals surface area contributed by atoms with E-state index in [2.05, 4.69) is 5.32 Å². The predicted molar refractivity (Wildman–Crippen MR) is 63.1 cm³/mol. The Hall–Kier alpha value is -1.45. The molecule has 1 amide bonds. The number of amides is 1. The highest BCUT2D eigenvalue weighted by molar-refractivity contribution is 6.36. The molecule has 2 aromatic rings. The van der Waals surface area contributed by atoms with Crippen LogP contribution < -0.4 is 5.32 Å². The molecule has 1 aromatic heterocycles. The summed E-state index contributed by atoms with van der Waals surface area (Å²) < 4.78 is 4.95. The Balaban J connectivity index is 2.18.